The standard InChI is InChI=1S/C14H18N6/c1-10-13(17-7-6-16-10)12-4-5-18-14(19-12)20-8-2-3-11(15)9-20/h4-7,11H,2-3,8-9,15H2,1H3. The normalized spacial score (nSPS) is 19.1. The molecule has 0 spiro atoms. The van der Waals surface area contributed by atoms with Gasteiger partial charge in [0.2, 0.25) is 5.95 Å². The van der Waals surface area contributed by atoms with Crippen molar-refractivity contribution in [2.24, 2.45) is 5.73 Å². The summed E-state index contributed by atoms with van der Waals surface area (Å²) >= 11 is 0. The van der Waals surface area contributed by atoms with Gasteiger partial charge in [-0.25, -0.2) is 9.97 Å². The fourth-order valence-corrected chi connectivity index (χ4v) is 2.48. The average Bonchev–Trinajstić information content (AvgIpc) is 2.48. The van der Waals surface area contributed by atoms with Crippen LogP contribution in [-0.2, 0) is 0 Å². The minimum Gasteiger partial charge on any atom is -0.339 e. The third-order valence-corrected chi connectivity index (χ3v) is 3.51. The van der Waals surface area contributed by atoms with Gasteiger partial charge in [0.25, 0.3) is 0 Å². The predicted molar refractivity (Wildman–Crippen MR) is 77.2 cm³/mol. The molecule has 0 aliphatic carbocycles. The SMILES string of the molecule is Cc1nccnc1-c1ccnc(N2CCCC(N)C2)n1. The third kappa shape index (κ3) is 2.60. The minimum atomic E-state index is 0.203. The average molecular weight is 270 g/mol. The molecule has 6 nitrogen and oxygen atoms in total. The van der Waals surface area contributed by atoms with Crippen LogP contribution in [0.25, 0.3) is 11.4 Å². The summed E-state index contributed by atoms with van der Waals surface area (Å²) in [6.45, 7) is 3.69. The topological polar surface area (TPSA) is 80.8 Å². The first-order valence-corrected chi connectivity index (χ1v) is 6.85. The van der Waals surface area contributed by atoms with Crippen molar-refractivity contribution in [3.8, 4) is 11.4 Å². The second-order valence-electron chi connectivity index (χ2n) is 5.08. The van der Waals surface area contributed by atoms with Gasteiger partial charge in [-0.3, -0.25) is 9.97 Å². The molecule has 2 N–H and O–H groups in total. The molecule has 3 heterocycles. The highest BCUT2D eigenvalue weighted by Gasteiger charge is 2.19. The Kier molecular flexibility index (Phi) is 3.56. The van der Waals surface area contributed by atoms with Crippen LogP contribution in [0.3, 0.4) is 0 Å². The summed E-state index contributed by atoms with van der Waals surface area (Å²) in [5, 5.41) is 0. The van der Waals surface area contributed by atoms with Gasteiger partial charge >= 0.3 is 0 Å². The summed E-state index contributed by atoms with van der Waals surface area (Å²) in [5.74, 6) is 0.725. The van der Waals surface area contributed by atoms with Gasteiger partial charge in [0.1, 0.15) is 5.69 Å². The number of piperidine rings is 1. The van der Waals surface area contributed by atoms with Gasteiger partial charge in [-0.1, -0.05) is 0 Å². The van der Waals surface area contributed by atoms with E-state index in [1.807, 2.05) is 13.0 Å². The van der Waals surface area contributed by atoms with Crippen LogP contribution < -0.4 is 10.6 Å². The molecule has 2 aromatic rings. The van der Waals surface area contributed by atoms with Crippen LogP contribution in [0.1, 0.15) is 18.5 Å². The molecule has 1 aliphatic rings. The molecule has 1 unspecified atom stereocenters. The first kappa shape index (κ1) is 12.9. The van der Waals surface area contributed by atoms with Gasteiger partial charge in [0.05, 0.1) is 11.4 Å². The van der Waals surface area contributed by atoms with E-state index in [1.165, 1.54) is 0 Å². The zero-order valence-electron chi connectivity index (χ0n) is 11.5. The molecule has 0 aromatic carbocycles. The largest absolute Gasteiger partial charge is 0.339 e. The van der Waals surface area contributed by atoms with Crippen LogP contribution in [0.2, 0.25) is 0 Å². The van der Waals surface area contributed by atoms with Gasteiger partial charge < -0.3 is 10.6 Å². The molecule has 0 amide bonds. The van der Waals surface area contributed by atoms with Crippen molar-refractivity contribution in [2.45, 2.75) is 25.8 Å². The summed E-state index contributed by atoms with van der Waals surface area (Å²) in [6.07, 6.45) is 7.29. The number of anilines is 1. The lowest BCUT2D eigenvalue weighted by molar-refractivity contribution is 0.500. The molecular formula is C14H18N6. The second-order valence-corrected chi connectivity index (χ2v) is 5.08. The van der Waals surface area contributed by atoms with E-state index >= 15 is 0 Å². The Balaban J connectivity index is 1.92. The van der Waals surface area contributed by atoms with E-state index in [2.05, 4.69) is 24.8 Å². The maximum absolute atomic E-state index is 6.02. The highest BCUT2D eigenvalue weighted by molar-refractivity contribution is 5.57. The first-order chi connectivity index (χ1) is 9.74. The lowest BCUT2D eigenvalue weighted by Gasteiger charge is -2.30. The van der Waals surface area contributed by atoms with Crippen molar-refractivity contribution in [2.75, 3.05) is 18.0 Å². The molecule has 3 rings (SSSR count). The van der Waals surface area contributed by atoms with Gasteiger partial charge in [0, 0.05) is 37.7 Å². The summed E-state index contributed by atoms with van der Waals surface area (Å²) in [6, 6.07) is 2.07. The number of nitrogens with two attached hydrogens (primary N) is 1. The van der Waals surface area contributed by atoms with Crippen LogP contribution >= 0.6 is 0 Å². The van der Waals surface area contributed by atoms with Crippen molar-refractivity contribution in [3.63, 3.8) is 0 Å². The number of aromatic nitrogens is 4. The molecule has 1 fully saturated rings. The maximum atomic E-state index is 6.02. The molecule has 2 aromatic heterocycles. The van der Waals surface area contributed by atoms with Crippen molar-refractivity contribution < 1.29 is 0 Å². The molecule has 0 radical (unpaired) electrons. The van der Waals surface area contributed by atoms with Crippen molar-refractivity contribution in [1.82, 2.24) is 19.9 Å². The van der Waals surface area contributed by atoms with Gasteiger partial charge in [-0.2, -0.15) is 0 Å². The smallest absolute Gasteiger partial charge is 0.225 e. The van der Waals surface area contributed by atoms with E-state index in [4.69, 9.17) is 5.73 Å². The molecule has 0 saturated carbocycles. The molecule has 1 atom stereocenters. The molecular weight excluding hydrogens is 252 g/mol. The first-order valence-electron chi connectivity index (χ1n) is 6.85. The van der Waals surface area contributed by atoms with E-state index in [9.17, 15) is 0 Å². The summed E-state index contributed by atoms with van der Waals surface area (Å²) < 4.78 is 0. The summed E-state index contributed by atoms with van der Waals surface area (Å²) in [5.41, 5.74) is 8.49. The number of hydrogen-bond donors (Lipinski definition) is 1. The van der Waals surface area contributed by atoms with Crippen LogP contribution in [0.15, 0.2) is 24.7 Å². The fourth-order valence-electron chi connectivity index (χ4n) is 2.48. The molecule has 6 heteroatoms. The Labute approximate surface area is 118 Å². The molecule has 104 valence electrons. The zero-order chi connectivity index (χ0) is 13.9. The lowest BCUT2D eigenvalue weighted by Crippen LogP contribution is -2.43. The highest BCUT2D eigenvalue weighted by atomic mass is 15.3. The number of nitrogens with zero attached hydrogens (tertiary/aromatic N) is 5. The number of aryl methyl sites for hydroxylation is 1. The van der Waals surface area contributed by atoms with Gasteiger partial charge in [-0.15, -0.1) is 0 Å². The van der Waals surface area contributed by atoms with E-state index in [0.717, 1.165) is 49.0 Å². The van der Waals surface area contributed by atoms with Gasteiger partial charge in [-0.05, 0) is 25.8 Å². The number of hydrogen-bond acceptors (Lipinski definition) is 6. The summed E-state index contributed by atoms with van der Waals surface area (Å²) in [7, 11) is 0. The highest BCUT2D eigenvalue weighted by Crippen LogP contribution is 2.20. The second kappa shape index (κ2) is 5.50. The summed E-state index contributed by atoms with van der Waals surface area (Å²) in [4.78, 5) is 19.7. The lowest BCUT2D eigenvalue weighted by atomic mass is 10.1. The molecule has 1 aliphatic heterocycles. The van der Waals surface area contributed by atoms with E-state index < -0.39 is 0 Å². The Morgan fingerprint density at radius 2 is 2.05 bits per heavy atom. The van der Waals surface area contributed by atoms with Crippen molar-refractivity contribution >= 4 is 5.95 Å². The fraction of sp³-hybridized carbons (Fsp3) is 0.429. The predicted octanol–water partition coefficient (Wildman–Crippen LogP) is 1.17. The Hall–Kier alpha value is -2.08. The van der Waals surface area contributed by atoms with E-state index in [1.54, 1.807) is 18.6 Å². The van der Waals surface area contributed by atoms with Crippen molar-refractivity contribution in [3.05, 3.63) is 30.4 Å². The quantitative estimate of drug-likeness (QED) is 0.882. The minimum absolute atomic E-state index is 0.203. The van der Waals surface area contributed by atoms with E-state index in [-0.39, 0.29) is 6.04 Å². The maximum Gasteiger partial charge on any atom is 0.225 e. The Morgan fingerprint density at radius 3 is 2.85 bits per heavy atom. The molecule has 1 saturated heterocycles. The van der Waals surface area contributed by atoms with Crippen LogP contribution in [0.4, 0.5) is 5.95 Å². The number of rotatable bonds is 2. The Bertz CT molecular complexity index is 600. The van der Waals surface area contributed by atoms with Crippen LogP contribution in [0.5, 0.6) is 0 Å². The molecule has 20 heavy (non-hydrogen) atoms. The molecule has 0 bridgehead atoms. The van der Waals surface area contributed by atoms with Crippen LogP contribution in [0, 0.1) is 6.92 Å². The zero-order valence-corrected chi connectivity index (χ0v) is 11.5. The monoisotopic (exact) mass is 270 g/mol. The van der Waals surface area contributed by atoms with Crippen LogP contribution in [-0.4, -0.2) is 39.1 Å². The third-order valence-electron chi connectivity index (χ3n) is 3.51. The Morgan fingerprint density at radius 1 is 1.20 bits per heavy atom. The van der Waals surface area contributed by atoms with E-state index in [0.29, 0.717) is 0 Å². The van der Waals surface area contributed by atoms with Gasteiger partial charge in [0.15, 0.2) is 0 Å². The van der Waals surface area contributed by atoms with Crippen molar-refractivity contribution in [1.29, 1.82) is 0 Å².